The Morgan fingerprint density at radius 1 is 1.05 bits per heavy atom. The van der Waals surface area contributed by atoms with E-state index in [1.807, 2.05) is 44.2 Å². The summed E-state index contributed by atoms with van der Waals surface area (Å²) in [7, 11) is 0. The van der Waals surface area contributed by atoms with Gasteiger partial charge in [-0.15, -0.1) is 0 Å². The van der Waals surface area contributed by atoms with Gasteiger partial charge in [-0.05, 0) is 19.4 Å². The zero-order chi connectivity index (χ0) is 14.3. The molecule has 0 bridgehead atoms. The van der Waals surface area contributed by atoms with Gasteiger partial charge < -0.3 is 19.7 Å². The molecule has 5 heteroatoms. The average Bonchev–Trinajstić information content (AvgIpc) is 2.40. The highest BCUT2D eigenvalue weighted by molar-refractivity contribution is 5.81. The van der Waals surface area contributed by atoms with Gasteiger partial charge in [-0.2, -0.15) is 0 Å². The minimum atomic E-state index is -1.33. The molecule has 1 rings (SSSR count). The second kappa shape index (κ2) is 7.41. The molecule has 104 valence electrons. The molecule has 0 heterocycles. The van der Waals surface area contributed by atoms with Crippen LogP contribution in [-0.2, 0) is 11.3 Å². The molecule has 0 unspecified atom stereocenters. The van der Waals surface area contributed by atoms with E-state index in [0.717, 1.165) is 10.5 Å². The number of rotatable bonds is 6. The molecule has 0 spiro atoms. The quantitative estimate of drug-likeness (QED) is 0.759. The van der Waals surface area contributed by atoms with Crippen LogP contribution in [0.1, 0.15) is 19.4 Å². The lowest BCUT2D eigenvalue weighted by atomic mass is 10.2. The van der Waals surface area contributed by atoms with Crippen molar-refractivity contribution in [2.45, 2.75) is 20.4 Å². The fraction of sp³-hybridized carbons (Fsp3) is 0.429. The average molecular weight is 263 g/mol. The number of likely N-dealkylation sites (N-methyl/N-ethyl adjacent to an activating group) is 1. The summed E-state index contributed by atoms with van der Waals surface area (Å²) in [6.45, 7) is 4.86. The number of benzene rings is 1. The molecule has 0 atom stereocenters. The molecule has 1 aromatic carbocycles. The van der Waals surface area contributed by atoms with Crippen LogP contribution in [0.4, 0.5) is 4.79 Å². The van der Waals surface area contributed by atoms with Crippen molar-refractivity contribution in [3.63, 3.8) is 0 Å². The van der Waals surface area contributed by atoms with Gasteiger partial charge in [0.2, 0.25) is 5.91 Å². The Morgan fingerprint density at radius 3 is 2.11 bits per heavy atom. The molecule has 0 N–H and O–H groups in total. The molecular formula is C14H19N2O3-. The summed E-state index contributed by atoms with van der Waals surface area (Å²) in [5, 5.41) is 11.1. The molecule has 5 nitrogen and oxygen atoms in total. The number of nitrogens with zero attached hydrogens (tertiary/aromatic N) is 2. The van der Waals surface area contributed by atoms with Crippen LogP contribution < -0.4 is 5.11 Å². The first-order valence-corrected chi connectivity index (χ1v) is 6.36. The summed E-state index contributed by atoms with van der Waals surface area (Å²) in [5.74, 6) is -0.204. The van der Waals surface area contributed by atoms with Crippen molar-refractivity contribution in [2.75, 3.05) is 19.6 Å². The minimum Gasteiger partial charge on any atom is -0.530 e. The van der Waals surface area contributed by atoms with Crippen LogP contribution in [-0.4, -0.2) is 41.4 Å². The van der Waals surface area contributed by atoms with E-state index in [2.05, 4.69) is 0 Å². The Hall–Kier alpha value is -2.04. The summed E-state index contributed by atoms with van der Waals surface area (Å²) in [6.07, 6.45) is -1.33. The van der Waals surface area contributed by atoms with Crippen molar-refractivity contribution in [3.8, 4) is 0 Å². The predicted octanol–water partition coefficient (Wildman–Crippen LogP) is 0.700. The molecule has 19 heavy (non-hydrogen) atoms. The molecule has 1 aromatic rings. The van der Waals surface area contributed by atoms with E-state index in [4.69, 9.17) is 0 Å². The lowest BCUT2D eigenvalue weighted by Gasteiger charge is -2.28. The van der Waals surface area contributed by atoms with Crippen LogP contribution in [0.15, 0.2) is 30.3 Å². The van der Waals surface area contributed by atoms with Gasteiger partial charge in [0.05, 0.1) is 6.54 Å². The third-order valence-electron chi connectivity index (χ3n) is 2.92. The van der Waals surface area contributed by atoms with E-state index in [1.165, 1.54) is 0 Å². The number of carboxylic acid groups (broad SMARTS) is 1. The van der Waals surface area contributed by atoms with Crippen LogP contribution in [0, 0.1) is 0 Å². The first-order valence-electron chi connectivity index (χ1n) is 6.36. The first kappa shape index (κ1) is 15.0. The van der Waals surface area contributed by atoms with Gasteiger partial charge >= 0.3 is 0 Å². The number of hydrogen-bond acceptors (Lipinski definition) is 3. The Labute approximate surface area is 113 Å². The van der Waals surface area contributed by atoms with Crippen LogP contribution in [0.2, 0.25) is 0 Å². The maximum Gasteiger partial charge on any atom is 0.242 e. The Morgan fingerprint density at radius 2 is 1.63 bits per heavy atom. The molecule has 0 aliphatic heterocycles. The molecule has 0 fully saturated rings. The SMILES string of the molecule is CCN(CC)C(=O)CN(Cc1ccccc1)C(=O)[O-]. The lowest BCUT2D eigenvalue weighted by Crippen LogP contribution is -2.47. The lowest BCUT2D eigenvalue weighted by molar-refractivity contribution is -0.266. The van der Waals surface area contributed by atoms with Crippen molar-refractivity contribution in [1.29, 1.82) is 0 Å². The Kier molecular flexibility index (Phi) is 5.85. The van der Waals surface area contributed by atoms with E-state index in [1.54, 1.807) is 4.90 Å². The second-order valence-corrected chi connectivity index (χ2v) is 4.17. The molecule has 0 saturated heterocycles. The normalized spacial score (nSPS) is 10.0. The summed E-state index contributed by atoms with van der Waals surface area (Å²) in [4.78, 5) is 25.6. The van der Waals surface area contributed by atoms with Gasteiger partial charge in [0.15, 0.2) is 0 Å². The molecular weight excluding hydrogens is 244 g/mol. The molecule has 0 aliphatic rings. The fourth-order valence-corrected chi connectivity index (χ4v) is 1.83. The monoisotopic (exact) mass is 263 g/mol. The smallest absolute Gasteiger partial charge is 0.242 e. The summed E-state index contributed by atoms with van der Waals surface area (Å²) in [5.41, 5.74) is 0.832. The predicted molar refractivity (Wildman–Crippen MR) is 70.2 cm³/mol. The maximum absolute atomic E-state index is 11.9. The van der Waals surface area contributed by atoms with E-state index in [-0.39, 0.29) is 19.0 Å². The van der Waals surface area contributed by atoms with E-state index >= 15 is 0 Å². The highest BCUT2D eigenvalue weighted by Crippen LogP contribution is 2.04. The fourth-order valence-electron chi connectivity index (χ4n) is 1.83. The largest absolute Gasteiger partial charge is 0.530 e. The van der Waals surface area contributed by atoms with Gasteiger partial charge in [0.1, 0.15) is 6.09 Å². The second-order valence-electron chi connectivity index (χ2n) is 4.17. The van der Waals surface area contributed by atoms with Gasteiger partial charge in [-0.1, -0.05) is 30.3 Å². The first-order chi connectivity index (χ1) is 9.08. The van der Waals surface area contributed by atoms with Crippen LogP contribution in [0.25, 0.3) is 0 Å². The zero-order valence-corrected chi connectivity index (χ0v) is 11.3. The Bertz CT molecular complexity index is 416. The standard InChI is InChI=1S/C14H20N2O3/c1-3-15(4-2)13(17)11-16(14(18)19)10-12-8-6-5-7-9-12/h5-9H,3-4,10-11H2,1-2H3,(H,18,19)/p-1. The van der Waals surface area contributed by atoms with Crippen molar-refractivity contribution in [3.05, 3.63) is 35.9 Å². The Balaban J connectivity index is 2.69. The summed E-state index contributed by atoms with van der Waals surface area (Å²) < 4.78 is 0. The van der Waals surface area contributed by atoms with Crippen LogP contribution in [0.3, 0.4) is 0 Å². The molecule has 0 aromatic heterocycles. The van der Waals surface area contributed by atoms with Crippen LogP contribution >= 0.6 is 0 Å². The highest BCUT2D eigenvalue weighted by atomic mass is 16.4. The van der Waals surface area contributed by atoms with Crippen molar-refractivity contribution >= 4 is 12.0 Å². The van der Waals surface area contributed by atoms with Gasteiger partial charge in [-0.3, -0.25) is 4.79 Å². The topological polar surface area (TPSA) is 63.7 Å². The van der Waals surface area contributed by atoms with Crippen molar-refractivity contribution in [1.82, 2.24) is 9.80 Å². The molecule has 0 radical (unpaired) electrons. The van der Waals surface area contributed by atoms with E-state index in [0.29, 0.717) is 13.1 Å². The minimum absolute atomic E-state index is 0.163. The molecule has 0 aliphatic carbocycles. The third kappa shape index (κ3) is 4.62. The van der Waals surface area contributed by atoms with Crippen molar-refractivity contribution < 1.29 is 14.7 Å². The summed E-state index contributed by atoms with van der Waals surface area (Å²) in [6, 6.07) is 9.15. The van der Waals surface area contributed by atoms with E-state index < -0.39 is 6.09 Å². The summed E-state index contributed by atoms with van der Waals surface area (Å²) >= 11 is 0. The molecule has 2 amide bonds. The molecule has 0 saturated carbocycles. The third-order valence-corrected chi connectivity index (χ3v) is 2.92. The van der Waals surface area contributed by atoms with Gasteiger partial charge in [-0.25, -0.2) is 0 Å². The number of amides is 2. The van der Waals surface area contributed by atoms with Gasteiger partial charge in [0.25, 0.3) is 0 Å². The number of carbonyl (C=O) groups excluding carboxylic acids is 2. The highest BCUT2D eigenvalue weighted by Gasteiger charge is 2.15. The number of hydrogen-bond donors (Lipinski definition) is 0. The van der Waals surface area contributed by atoms with Gasteiger partial charge in [0, 0.05) is 19.6 Å². The van der Waals surface area contributed by atoms with E-state index in [9.17, 15) is 14.7 Å². The number of carbonyl (C=O) groups is 2. The van der Waals surface area contributed by atoms with Crippen LogP contribution in [0.5, 0.6) is 0 Å². The maximum atomic E-state index is 11.9. The zero-order valence-electron chi connectivity index (χ0n) is 11.3. The van der Waals surface area contributed by atoms with Crippen molar-refractivity contribution in [2.24, 2.45) is 0 Å².